The summed E-state index contributed by atoms with van der Waals surface area (Å²) < 4.78 is 10.7. The lowest BCUT2D eigenvalue weighted by atomic mass is 9.96. The van der Waals surface area contributed by atoms with Gasteiger partial charge in [0.1, 0.15) is 5.75 Å². The summed E-state index contributed by atoms with van der Waals surface area (Å²) in [5, 5.41) is 4.20. The van der Waals surface area contributed by atoms with Gasteiger partial charge in [-0.3, -0.25) is 4.79 Å². The first-order chi connectivity index (χ1) is 14.1. The molecular weight excluding hydrogens is 368 g/mol. The van der Waals surface area contributed by atoms with E-state index in [-0.39, 0.29) is 11.8 Å². The summed E-state index contributed by atoms with van der Waals surface area (Å²) in [6, 6.07) is 5.86. The Morgan fingerprint density at radius 3 is 2.90 bits per heavy atom. The summed E-state index contributed by atoms with van der Waals surface area (Å²) >= 11 is 0. The van der Waals surface area contributed by atoms with Crippen LogP contribution in [0.2, 0.25) is 0 Å². The van der Waals surface area contributed by atoms with Crippen LogP contribution in [0.4, 0.5) is 5.95 Å². The number of methoxy groups -OCH3 is 1. The molecule has 2 fully saturated rings. The lowest BCUT2D eigenvalue weighted by Gasteiger charge is -2.32. The zero-order valence-electron chi connectivity index (χ0n) is 17.3. The number of aromatic nitrogens is 2. The van der Waals surface area contributed by atoms with Crippen LogP contribution in [0.3, 0.4) is 0 Å². The summed E-state index contributed by atoms with van der Waals surface area (Å²) in [4.78, 5) is 24.4. The maximum absolute atomic E-state index is 12.8. The van der Waals surface area contributed by atoms with Gasteiger partial charge in [-0.1, -0.05) is 0 Å². The maximum atomic E-state index is 12.8. The van der Waals surface area contributed by atoms with Gasteiger partial charge in [-0.2, -0.15) is 0 Å². The standard InChI is InChI=1S/C22H30N4O3/c1-15-19-6-5-18(28-2)12-20(19)25-22(24-15)26-9-3-4-17(14-26)21(27)23-13-16-7-10-29-11-8-16/h5-6,12,16-17H,3-4,7-11,13-14H2,1-2H3,(H,23,27). The molecule has 1 aromatic heterocycles. The van der Waals surface area contributed by atoms with Crippen LogP contribution in [0.25, 0.3) is 10.9 Å². The van der Waals surface area contributed by atoms with Crippen LogP contribution >= 0.6 is 0 Å². The number of nitrogens with zero attached hydrogens (tertiary/aromatic N) is 3. The van der Waals surface area contributed by atoms with Gasteiger partial charge in [0.2, 0.25) is 11.9 Å². The lowest BCUT2D eigenvalue weighted by Crippen LogP contribution is -2.45. The van der Waals surface area contributed by atoms with Crippen molar-refractivity contribution in [2.45, 2.75) is 32.6 Å². The Kier molecular flexibility index (Phi) is 6.13. The molecule has 2 aromatic rings. The molecule has 156 valence electrons. The van der Waals surface area contributed by atoms with Crippen LogP contribution in [0.5, 0.6) is 5.75 Å². The van der Waals surface area contributed by atoms with Crippen LogP contribution < -0.4 is 15.0 Å². The molecule has 2 aliphatic heterocycles. The summed E-state index contributed by atoms with van der Waals surface area (Å²) in [7, 11) is 1.66. The molecule has 0 saturated carbocycles. The number of hydrogen-bond donors (Lipinski definition) is 1. The van der Waals surface area contributed by atoms with Crippen molar-refractivity contribution in [3.63, 3.8) is 0 Å². The second-order valence-electron chi connectivity index (χ2n) is 8.08. The molecule has 4 rings (SSSR count). The first-order valence-electron chi connectivity index (χ1n) is 10.6. The number of ether oxygens (including phenoxy) is 2. The molecule has 7 nitrogen and oxygen atoms in total. The summed E-state index contributed by atoms with van der Waals surface area (Å²) in [6.07, 6.45) is 3.94. The molecule has 1 atom stereocenters. The summed E-state index contributed by atoms with van der Waals surface area (Å²) in [5.74, 6) is 2.15. The van der Waals surface area contributed by atoms with Gasteiger partial charge in [0, 0.05) is 44.3 Å². The molecule has 2 aliphatic rings. The van der Waals surface area contributed by atoms with Crippen LogP contribution in [0.1, 0.15) is 31.4 Å². The predicted molar refractivity (Wildman–Crippen MR) is 112 cm³/mol. The van der Waals surface area contributed by atoms with E-state index in [0.717, 1.165) is 74.3 Å². The molecule has 7 heteroatoms. The predicted octanol–water partition coefficient (Wildman–Crippen LogP) is 2.71. The van der Waals surface area contributed by atoms with Gasteiger partial charge in [-0.15, -0.1) is 0 Å². The number of rotatable bonds is 5. The largest absolute Gasteiger partial charge is 0.497 e. The van der Waals surface area contributed by atoms with Crippen molar-refractivity contribution < 1.29 is 14.3 Å². The van der Waals surface area contributed by atoms with E-state index >= 15 is 0 Å². The molecule has 0 bridgehead atoms. The first kappa shape index (κ1) is 19.9. The second kappa shape index (κ2) is 8.95. The molecule has 1 unspecified atom stereocenters. The third kappa shape index (κ3) is 4.61. The number of hydrogen-bond acceptors (Lipinski definition) is 6. The summed E-state index contributed by atoms with van der Waals surface area (Å²) in [5.41, 5.74) is 1.82. The van der Waals surface area contributed by atoms with E-state index in [1.807, 2.05) is 25.1 Å². The SMILES string of the molecule is COc1ccc2c(C)nc(N3CCCC(C(=O)NCC4CCOCC4)C3)nc2c1. The zero-order valence-corrected chi connectivity index (χ0v) is 17.3. The average molecular weight is 399 g/mol. The van der Waals surface area contributed by atoms with Crippen molar-refractivity contribution >= 4 is 22.8 Å². The van der Waals surface area contributed by atoms with Gasteiger partial charge in [0.15, 0.2) is 0 Å². The van der Waals surface area contributed by atoms with E-state index in [2.05, 4.69) is 10.2 Å². The number of nitrogens with one attached hydrogen (secondary N) is 1. The van der Waals surface area contributed by atoms with E-state index in [9.17, 15) is 4.79 Å². The van der Waals surface area contributed by atoms with E-state index in [0.29, 0.717) is 18.4 Å². The minimum absolute atomic E-state index is 0.0199. The Labute approximate surface area is 171 Å². The minimum atomic E-state index is -0.0199. The number of fused-ring (bicyclic) bond motifs is 1. The molecule has 0 spiro atoms. The van der Waals surface area contributed by atoms with Gasteiger partial charge in [-0.25, -0.2) is 9.97 Å². The van der Waals surface area contributed by atoms with Crippen LogP contribution in [-0.4, -0.2) is 55.8 Å². The average Bonchev–Trinajstić information content (AvgIpc) is 2.77. The van der Waals surface area contributed by atoms with Crippen LogP contribution in [0, 0.1) is 18.8 Å². The quantitative estimate of drug-likeness (QED) is 0.835. The van der Waals surface area contributed by atoms with Gasteiger partial charge < -0.3 is 19.7 Å². The highest BCUT2D eigenvalue weighted by atomic mass is 16.5. The van der Waals surface area contributed by atoms with E-state index in [1.165, 1.54) is 0 Å². The molecule has 1 aromatic carbocycles. The lowest BCUT2D eigenvalue weighted by molar-refractivity contribution is -0.125. The second-order valence-corrected chi connectivity index (χ2v) is 8.08. The normalized spacial score (nSPS) is 20.6. The highest BCUT2D eigenvalue weighted by Gasteiger charge is 2.28. The maximum Gasteiger partial charge on any atom is 0.226 e. The molecule has 1 amide bonds. The van der Waals surface area contributed by atoms with Gasteiger partial charge in [0.25, 0.3) is 0 Å². The number of aryl methyl sites for hydroxylation is 1. The van der Waals surface area contributed by atoms with Crippen molar-refractivity contribution in [3.05, 3.63) is 23.9 Å². The molecule has 3 heterocycles. The number of benzene rings is 1. The highest BCUT2D eigenvalue weighted by molar-refractivity contribution is 5.83. The molecule has 0 aliphatic carbocycles. The number of amides is 1. The third-order valence-corrected chi connectivity index (χ3v) is 6.06. The highest BCUT2D eigenvalue weighted by Crippen LogP contribution is 2.26. The number of carbonyl (C=O) groups excluding carboxylic acids is 1. The fraction of sp³-hybridized carbons (Fsp3) is 0.591. The van der Waals surface area contributed by atoms with Gasteiger partial charge in [0.05, 0.1) is 24.2 Å². The zero-order chi connectivity index (χ0) is 20.2. The third-order valence-electron chi connectivity index (χ3n) is 6.06. The fourth-order valence-electron chi connectivity index (χ4n) is 4.23. The smallest absolute Gasteiger partial charge is 0.226 e. The molecule has 1 N–H and O–H groups in total. The van der Waals surface area contributed by atoms with Crippen molar-refractivity contribution in [2.75, 3.05) is 44.9 Å². The van der Waals surface area contributed by atoms with Crippen LogP contribution in [0.15, 0.2) is 18.2 Å². The fourth-order valence-corrected chi connectivity index (χ4v) is 4.23. The summed E-state index contributed by atoms with van der Waals surface area (Å²) in [6.45, 7) is 5.90. The van der Waals surface area contributed by atoms with Crippen molar-refractivity contribution in [1.82, 2.24) is 15.3 Å². The number of carbonyl (C=O) groups is 1. The molecule has 2 saturated heterocycles. The Bertz CT molecular complexity index is 867. The van der Waals surface area contributed by atoms with E-state index < -0.39 is 0 Å². The van der Waals surface area contributed by atoms with Crippen molar-refractivity contribution in [2.24, 2.45) is 11.8 Å². The van der Waals surface area contributed by atoms with Gasteiger partial charge in [-0.05, 0) is 50.7 Å². The van der Waals surface area contributed by atoms with Crippen LogP contribution in [-0.2, 0) is 9.53 Å². The first-order valence-corrected chi connectivity index (χ1v) is 10.6. The van der Waals surface area contributed by atoms with Gasteiger partial charge >= 0.3 is 0 Å². The number of anilines is 1. The number of piperidine rings is 1. The Morgan fingerprint density at radius 1 is 1.28 bits per heavy atom. The Morgan fingerprint density at radius 2 is 2.10 bits per heavy atom. The topological polar surface area (TPSA) is 76.6 Å². The molecule has 0 radical (unpaired) electrons. The molecule has 29 heavy (non-hydrogen) atoms. The van der Waals surface area contributed by atoms with Crippen molar-refractivity contribution in [1.29, 1.82) is 0 Å². The van der Waals surface area contributed by atoms with Crippen molar-refractivity contribution in [3.8, 4) is 5.75 Å². The Hall–Kier alpha value is -2.41. The van der Waals surface area contributed by atoms with E-state index in [1.54, 1.807) is 7.11 Å². The molecular formula is C22H30N4O3. The minimum Gasteiger partial charge on any atom is -0.497 e. The Balaban J connectivity index is 1.44. The monoisotopic (exact) mass is 398 g/mol. The van der Waals surface area contributed by atoms with E-state index in [4.69, 9.17) is 19.4 Å².